The molecule has 1 aromatic carbocycles. The van der Waals surface area contributed by atoms with Crippen molar-refractivity contribution in [1.29, 1.82) is 0 Å². The van der Waals surface area contributed by atoms with Crippen LogP contribution in [0.4, 0.5) is 4.39 Å². The molecule has 2 amide bonds. The van der Waals surface area contributed by atoms with Crippen molar-refractivity contribution in [3.05, 3.63) is 34.6 Å². The number of hydrogen-bond acceptors (Lipinski definition) is 4. The smallest absolute Gasteiger partial charge is 0.325 e. The van der Waals surface area contributed by atoms with E-state index in [0.717, 1.165) is 6.07 Å². The third-order valence-electron chi connectivity index (χ3n) is 2.35. The zero-order valence-electron chi connectivity index (χ0n) is 8.98. The third-order valence-corrected chi connectivity index (χ3v) is 2.64. The number of hydroxylamine groups is 2. The van der Waals surface area contributed by atoms with Crippen LogP contribution in [-0.4, -0.2) is 22.8 Å². The zero-order valence-corrected chi connectivity index (χ0v) is 9.74. The molecular weight excluding hydrogens is 265 g/mol. The lowest BCUT2D eigenvalue weighted by Gasteiger charge is -2.12. The minimum Gasteiger partial charge on any atom is -0.325 e. The SMILES string of the molecule is O=C(ON1C(=O)CCC1=O)c1cccc(Cl)c1F. The Morgan fingerprint density at radius 2 is 1.89 bits per heavy atom. The van der Waals surface area contributed by atoms with E-state index >= 15 is 0 Å². The summed E-state index contributed by atoms with van der Waals surface area (Å²) >= 11 is 5.50. The van der Waals surface area contributed by atoms with Crippen LogP contribution in [0.25, 0.3) is 0 Å². The Morgan fingerprint density at radius 3 is 2.50 bits per heavy atom. The quantitative estimate of drug-likeness (QED) is 0.768. The van der Waals surface area contributed by atoms with Crippen molar-refractivity contribution >= 4 is 29.4 Å². The van der Waals surface area contributed by atoms with Crippen molar-refractivity contribution in [3.8, 4) is 0 Å². The van der Waals surface area contributed by atoms with Crippen LogP contribution in [0, 0.1) is 5.82 Å². The highest BCUT2D eigenvalue weighted by atomic mass is 35.5. The van der Waals surface area contributed by atoms with Crippen LogP contribution in [0.15, 0.2) is 18.2 Å². The van der Waals surface area contributed by atoms with Crippen LogP contribution in [0.2, 0.25) is 5.02 Å². The van der Waals surface area contributed by atoms with Gasteiger partial charge in [-0.05, 0) is 12.1 Å². The lowest BCUT2D eigenvalue weighted by atomic mass is 10.2. The highest BCUT2D eigenvalue weighted by Gasteiger charge is 2.33. The predicted octanol–water partition coefficient (Wildman–Crippen LogP) is 1.70. The van der Waals surface area contributed by atoms with Gasteiger partial charge in [0.05, 0.1) is 10.6 Å². The summed E-state index contributed by atoms with van der Waals surface area (Å²) in [5, 5.41) is 0.103. The Bertz CT molecular complexity index is 530. The van der Waals surface area contributed by atoms with Gasteiger partial charge in [0.2, 0.25) is 0 Å². The van der Waals surface area contributed by atoms with Crippen LogP contribution in [-0.2, 0) is 14.4 Å². The second-order valence-electron chi connectivity index (χ2n) is 3.56. The van der Waals surface area contributed by atoms with Crippen molar-refractivity contribution in [2.24, 2.45) is 0 Å². The molecule has 0 atom stereocenters. The van der Waals surface area contributed by atoms with Gasteiger partial charge >= 0.3 is 5.97 Å². The molecule has 1 aliphatic rings. The molecule has 0 radical (unpaired) electrons. The van der Waals surface area contributed by atoms with E-state index in [1.807, 2.05) is 0 Å². The number of rotatable bonds is 2. The summed E-state index contributed by atoms with van der Waals surface area (Å²) in [6.07, 6.45) is -0.0473. The Kier molecular flexibility index (Phi) is 3.29. The molecular formula is C11H7ClFNO4. The summed E-state index contributed by atoms with van der Waals surface area (Å²) in [5.74, 6) is -3.35. The fraction of sp³-hybridized carbons (Fsp3) is 0.182. The molecule has 5 nitrogen and oxygen atoms in total. The van der Waals surface area contributed by atoms with Gasteiger partial charge in [-0.3, -0.25) is 9.59 Å². The van der Waals surface area contributed by atoms with Gasteiger partial charge in [0.25, 0.3) is 11.8 Å². The molecule has 94 valence electrons. The lowest BCUT2D eigenvalue weighted by Crippen LogP contribution is -2.32. The molecule has 1 fully saturated rings. The van der Waals surface area contributed by atoms with Crippen molar-refractivity contribution in [2.45, 2.75) is 12.8 Å². The van der Waals surface area contributed by atoms with E-state index in [2.05, 4.69) is 4.84 Å². The van der Waals surface area contributed by atoms with E-state index in [-0.39, 0.29) is 17.9 Å². The Balaban J connectivity index is 2.20. The number of halogens is 2. The summed E-state index contributed by atoms with van der Waals surface area (Å²) in [4.78, 5) is 38.6. The van der Waals surface area contributed by atoms with Crippen LogP contribution in [0.3, 0.4) is 0 Å². The van der Waals surface area contributed by atoms with Crippen LogP contribution < -0.4 is 0 Å². The Hall–Kier alpha value is -1.95. The summed E-state index contributed by atoms with van der Waals surface area (Å²) in [7, 11) is 0. The second-order valence-corrected chi connectivity index (χ2v) is 3.97. The fourth-order valence-electron chi connectivity index (χ4n) is 1.45. The van der Waals surface area contributed by atoms with Gasteiger partial charge in [-0.15, -0.1) is 5.06 Å². The highest BCUT2D eigenvalue weighted by molar-refractivity contribution is 6.31. The normalized spacial score (nSPS) is 15.1. The van der Waals surface area contributed by atoms with E-state index < -0.39 is 29.2 Å². The predicted molar refractivity (Wildman–Crippen MR) is 57.9 cm³/mol. The summed E-state index contributed by atoms with van der Waals surface area (Å²) < 4.78 is 13.5. The van der Waals surface area contributed by atoms with Crippen LogP contribution in [0.1, 0.15) is 23.2 Å². The molecule has 18 heavy (non-hydrogen) atoms. The molecule has 1 aromatic rings. The first kappa shape index (κ1) is 12.5. The molecule has 7 heteroatoms. The molecule has 0 N–H and O–H groups in total. The van der Waals surface area contributed by atoms with E-state index in [9.17, 15) is 18.8 Å². The van der Waals surface area contributed by atoms with E-state index in [1.165, 1.54) is 12.1 Å². The average Bonchev–Trinajstić information content (AvgIpc) is 2.64. The molecule has 0 spiro atoms. The van der Waals surface area contributed by atoms with Crippen molar-refractivity contribution in [1.82, 2.24) is 5.06 Å². The molecule has 0 unspecified atom stereocenters. The van der Waals surface area contributed by atoms with E-state index in [4.69, 9.17) is 11.6 Å². The van der Waals surface area contributed by atoms with Gasteiger partial charge in [-0.25, -0.2) is 9.18 Å². The molecule has 1 aliphatic heterocycles. The lowest BCUT2D eigenvalue weighted by molar-refractivity contribution is -0.172. The van der Waals surface area contributed by atoms with E-state index in [0.29, 0.717) is 5.06 Å². The van der Waals surface area contributed by atoms with Gasteiger partial charge in [0.1, 0.15) is 0 Å². The minimum atomic E-state index is -1.14. The maximum atomic E-state index is 13.5. The average molecular weight is 272 g/mol. The van der Waals surface area contributed by atoms with Crippen molar-refractivity contribution in [3.63, 3.8) is 0 Å². The minimum absolute atomic E-state index is 0.0237. The van der Waals surface area contributed by atoms with Crippen molar-refractivity contribution < 1.29 is 23.6 Å². The first-order valence-corrected chi connectivity index (χ1v) is 5.40. The third kappa shape index (κ3) is 2.19. The summed E-state index contributed by atoms with van der Waals surface area (Å²) in [6.45, 7) is 0. The fourth-order valence-corrected chi connectivity index (χ4v) is 1.63. The van der Waals surface area contributed by atoms with Crippen LogP contribution >= 0.6 is 11.6 Å². The Labute approximate surface area is 106 Å². The van der Waals surface area contributed by atoms with Gasteiger partial charge in [0, 0.05) is 12.8 Å². The van der Waals surface area contributed by atoms with Crippen LogP contribution in [0.5, 0.6) is 0 Å². The Morgan fingerprint density at radius 1 is 1.28 bits per heavy atom. The summed E-state index contributed by atoms with van der Waals surface area (Å²) in [6, 6.07) is 3.77. The number of amides is 2. The molecule has 1 heterocycles. The number of imide groups is 1. The highest BCUT2D eigenvalue weighted by Crippen LogP contribution is 2.20. The van der Waals surface area contributed by atoms with Gasteiger partial charge in [-0.1, -0.05) is 17.7 Å². The number of hydrogen-bond donors (Lipinski definition) is 0. The molecule has 0 aliphatic carbocycles. The largest absolute Gasteiger partial charge is 0.366 e. The topological polar surface area (TPSA) is 63.7 Å². The van der Waals surface area contributed by atoms with E-state index in [1.54, 1.807) is 0 Å². The molecule has 0 aromatic heterocycles. The van der Waals surface area contributed by atoms with Gasteiger partial charge in [-0.2, -0.15) is 0 Å². The monoisotopic (exact) mass is 271 g/mol. The number of carbonyl (C=O) groups excluding carboxylic acids is 3. The van der Waals surface area contributed by atoms with Gasteiger partial charge < -0.3 is 4.84 Å². The number of nitrogens with zero attached hydrogens (tertiary/aromatic N) is 1. The zero-order chi connectivity index (χ0) is 13.3. The molecule has 1 saturated heterocycles. The molecule has 0 bridgehead atoms. The number of carbonyl (C=O) groups is 3. The maximum Gasteiger partial charge on any atom is 0.366 e. The number of benzene rings is 1. The van der Waals surface area contributed by atoms with Crippen molar-refractivity contribution in [2.75, 3.05) is 0 Å². The summed E-state index contributed by atoms with van der Waals surface area (Å²) in [5.41, 5.74) is -0.435. The second kappa shape index (κ2) is 4.73. The first-order chi connectivity index (χ1) is 8.50. The maximum absolute atomic E-state index is 13.5. The molecule has 2 rings (SSSR count). The molecule has 0 saturated carbocycles. The standard InChI is InChI=1S/C11H7ClFNO4/c12-7-3-1-2-6(10(7)13)11(17)18-14-8(15)4-5-9(14)16/h1-3H,4-5H2. The van der Waals surface area contributed by atoms with Gasteiger partial charge in [0.15, 0.2) is 5.82 Å². The first-order valence-electron chi connectivity index (χ1n) is 5.03.